The molecule has 134 valence electrons. The van der Waals surface area contributed by atoms with E-state index in [-0.39, 0.29) is 17.4 Å². The minimum atomic E-state index is -1.27. The zero-order chi connectivity index (χ0) is 18.4. The van der Waals surface area contributed by atoms with Gasteiger partial charge in [-0.25, -0.2) is 9.59 Å². The monoisotopic (exact) mass is 368 g/mol. The van der Waals surface area contributed by atoms with Crippen LogP contribution in [0.3, 0.4) is 0 Å². The molecule has 0 aliphatic carbocycles. The lowest BCUT2D eigenvalue weighted by atomic mass is 10.2. The summed E-state index contributed by atoms with van der Waals surface area (Å²) in [5, 5.41) is 13.2. The van der Waals surface area contributed by atoms with E-state index in [1.54, 1.807) is 0 Å². The molecule has 0 unspecified atom stereocenters. The molecule has 1 aliphatic rings. The fraction of sp³-hybridized carbons (Fsp3) is 0.400. The van der Waals surface area contributed by atoms with Crippen molar-refractivity contribution in [2.75, 3.05) is 6.54 Å². The van der Waals surface area contributed by atoms with Crippen molar-refractivity contribution in [3.8, 4) is 0 Å². The van der Waals surface area contributed by atoms with Gasteiger partial charge < -0.3 is 9.47 Å². The van der Waals surface area contributed by atoms with E-state index < -0.39 is 21.9 Å². The number of ether oxygens (including phenoxy) is 2. The Morgan fingerprint density at radius 2 is 2.00 bits per heavy atom. The molecular formula is C15H16N2O7S. The Labute approximate surface area is 147 Å². The summed E-state index contributed by atoms with van der Waals surface area (Å²) in [6.07, 6.45) is -0.153. The largest absolute Gasteiger partial charge is 0.516 e. The van der Waals surface area contributed by atoms with Crippen molar-refractivity contribution in [1.82, 2.24) is 5.32 Å². The van der Waals surface area contributed by atoms with Crippen LogP contribution >= 0.6 is 11.8 Å². The minimum Gasteiger partial charge on any atom is -0.429 e. The lowest BCUT2D eigenvalue weighted by Crippen LogP contribution is -2.47. The fourth-order valence-electron chi connectivity index (χ4n) is 2.31. The first-order valence-corrected chi connectivity index (χ1v) is 8.21. The summed E-state index contributed by atoms with van der Waals surface area (Å²) in [4.78, 5) is 44.0. The second-order valence-electron chi connectivity index (χ2n) is 5.30. The summed E-state index contributed by atoms with van der Waals surface area (Å²) in [5.41, 5.74) is 0.416. The SMILES string of the molecule is CC(=O)S[C@@]1(C(=O)OC(=O)OCc2ccc([N+](=O)[O-])cc2)CCCN1. The van der Waals surface area contributed by atoms with Crippen LogP contribution < -0.4 is 5.32 Å². The maximum absolute atomic E-state index is 12.2. The van der Waals surface area contributed by atoms with Gasteiger partial charge in [-0.05, 0) is 37.1 Å². The third-order valence-corrected chi connectivity index (χ3v) is 4.59. The van der Waals surface area contributed by atoms with Crippen LogP contribution in [-0.2, 0) is 25.7 Å². The molecular weight excluding hydrogens is 352 g/mol. The van der Waals surface area contributed by atoms with Gasteiger partial charge in [0.05, 0.1) is 4.92 Å². The lowest BCUT2D eigenvalue weighted by Gasteiger charge is -2.23. The second-order valence-corrected chi connectivity index (χ2v) is 6.78. The van der Waals surface area contributed by atoms with Crippen LogP contribution in [0.1, 0.15) is 25.3 Å². The Morgan fingerprint density at radius 1 is 1.32 bits per heavy atom. The zero-order valence-corrected chi connectivity index (χ0v) is 14.2. The zero-order valence-electron chi connectivity index (χ0n) is 13.4. The van der Waals surface area contributed by atoms with Crippen LogP contribution in [0.25, 0.3) is 0 Å². The Hall–Kier alpha value is -2.46. The number of nitrogens with zero attached hydrogens (tertiary/aromatic N) is 1. The lowest BCUT2D eigenvalue weighted by molar-refractivity contribution is -0.384. The van der Waals surface area contributed by atoms with Gasteiger partial charge in [0.1, 0.15) is 6.61 Å². The average molecular weight is 368 g/mol. The number of rotatable bonds is 5. The third-order valence-electron chi connectivity index (χ3n) is 3.44. The van der Waals surface area contributed by atoms with Crippen molar-refractivity contribution in [1.29, 1.82) is 0 Å². The molecule has 0 spiro atoms. The number of hydrogen-bond acceptors (Lipinski definition) is 9. The second kappa shape index (κ2) is 8.08. The van der Waals surface area contributed by atoms with Crippen molar-refractivity contribution in [2.45, 2.75) is 31.2 Å². The van der Waals surface area contributed by atoms with Crippen molar-refractivity contribution in [2.24, 2.45) is 0 Å². The highest BCUT2D eigenvalue weighted by atomic mass is 32.2. The summed E-state index contributed by atoms with van der Waals surface area (Å²) in [6, 6.07) is 5.41. The first kappa shape index (κ1) is 18.9. The molecule has 9 nitrogen and oxygen atoms in total. The molecule has 0 bridgehead atoms. The Balaban J connectivity index is 1.89. The van der Waals surface area contributed by atoms with Crippen LogP contribution in [0.15, 0.2) is 24.3 Å². The van der Waals surface area contributed by atoms with E-state index in [2.05, 4.69) is 10.1 Å². The normalized spacial score (nSPS) is 19.2. The van der Waals surface area contributed by atoms with Crippen LogP contribution in [-0.4, -0.2) is 33.6 Å². The first-order valence-electron chi connectivity index (χ1n) is 7.39. The van der Waals surface area contributed by atoms with Gasteiger partial charge in [-0.3, -0.25) is 20.2 Å². The predicted molar refractivity (Wildman–Crippen MR) is 87.6 cm³/mol. The van der Waals surface area contributed by atoms with Gasteiger partial charge in [-0.2, -0.15) is 0 Å². The molecule has 1 saturated heterocycles. The molecule has 0 radical (unpaired) electrons. The van der Waals surface area contributed by atoms with Crippen LogP contribution in [0.4, 0.5) is 10.5 Å². The van der Waals surface area contributed by atoms with Crippen molar-refractivity contribution in [3.05, 3.63) is 39.9 Å². The minimum absolute atomic E-state index is 0.0861. The van der Waals surface area contributed by atoms with E-state index in [0.29, 0.717) is 24.9 Å². The molecule has 1 atom stereocenters. The Morgan fingerprint density at radius 3 is 2.52 bits per heavy atom. The van der Waals surface area contributed by atoms with Gasteiger partial charge in [0.2, 0.25) is 0 Å². The Bertz CT molecular complexity index is 684. The topological polar surface area (TPSA) is 125 Å². The summed E-state index contributed by atoms with van der Waals surface area (Å²) in [7, 11) is 0. The molecule has 1 N–H and O–H groups in total. The number of esters is 1. The van der Waals surface area contributed by atoms with Crippen molar-refractivity contribution in [3.63, 3.8) is 0 Å². The molecule has 10 heteroatoms. The van der Waals surface area contributed by atoms with Crippen LogP contribution in [0.5, 0.6) is 0 Å². The van der Waals surface area contributed by atoms with Gasteiger partial charge in [0, 0.05) is 19.1 Å². The van der Waals surface area contributed by atoms with Gasteiger partial charge in [-0.1, -0.05) is 11.8 Å². The average Bonchev–Trinajstić information content (AvgIpc) is 3.02. The van der Waals surface area contributed by atoms with Crippen molar-refractivity contribution >= 4 is 34.7 Å². The highest BCUT2D eigenvalue weighted by molar-refractivity contribution is 8.15. The quantitative estimate of drug-likeness (QED) is 0.360. The first-order chi connectivity index (χ1) is 11.8. The smallest absolute Gasteiger partial charge is 0.429 e. The molecule has 0 aromatic heterocycles. The van der Waals surface area contributed by atoms with Gasteiger partial charge in [-0.15, -0.1) is 0 Å². The standard InChI is InChI=1S/C15H16N2O7S/c1-10(18)25-15(7-2-8-16-15)13(19)24-14(20)23-9-11-3-5-12(6-4-11)17(21)22/h3-6,16H,2,7-9H2,1H3/t15-/m1/s1. The van der Waals surface area contributed by atoms with E-state index in [9.17, 15) is 24.5 Å². The summed E-state index contributed by atoms with van der Waals surface area (Å²) >= 11 is 0.782. The summed E-state index contributed by atoms with van der Waals surface area (Å²) in [6.45, 7) is 1.66. The van der Waals surface area contributed by atoms with E-state index in [0.717, 1.165) is 11.8 Å². The number of thioether (sulfide) groups is 1. The number of benzene rings is 1. The molecule has 1 fully saturated rings. The number of hydrogen-bond donors (Lipinski definition) is 1. The number of non-ortho nitro benzene ring substituents is 1. The number of carbonyl (C=O) groups is 3. The van der Waals surface area contributed by atoms with E-state index >= 15 is 0 Å². The maximum Gasteiger partial charge on any atom is 0.516 e. The van der Waals surface area contributed by atoms with E-state index in [1.165, 1.54) is 31.2 Å². The molecule has 1 aromatic carbocycles. The Kier molecular flexibility index (Phi) is 6.10. The number of nitrogens with one attached hydrogen (secondary N) is 1. The molecule has 0 amide bonds. The molecule has 0 saturated carbocycles. The van der Waals surface area contributed by atoms with Crippen LogP contribution in [0, 0.1) is 10.1 Å². The van der Waals surface area contributed by atoms with E-state index in [1.807, 2.05) is 0 Å². The van der Waals surface area contributed by atoms with Gasteiger partial charge in [0.25, 0.3) is 5.69 Å². The molecule has 2 rings (SSSR count). The molecule has 1 aliphatic heterocycles. The van der Waals surface area contributed by atoms with Crippen molar-refractivity contribution < 1.29 is 28.8 Å². The highest BCUT2D eigenvalue weighted by Gasteiger charge is 2.45. The van der Waals surface area contributed by atoms with E-state index in [4.69, 9.17) is 4.74 Å². The third kappa shape index (κ3) is 5.00. The highest BCUT2D eigenvalue weighted by Crippen LogP contribution is 2.33. The summed E-state index contributed by atoms with van der Waals surface area (Å²) < 4.78 is 9.51. The molecule has 1 heterocycles. The maximum atomic E-state index is 12.2. The number of carbonyl (C=O) groups excluding carboxylic acids is 3. The summed E-state index contributed by atoms with van der Waals surface area (Å²) in [5.74, 6) is -0.876. The predicted octanol–water partition coefficient (Wildman–Crippen LogP) is 2.13. The van der Waals surface area contributed by atoms with Gasteiger partial charge >= 0.3 is 12.1 Å². The number of nitro groups is 1. The molecule has 1 aromatic rings. The van der Waals surface area contributed by atoms with Crippen LogP contribution in [0.2, 0.25) is 0 Å². The molecule has 25 heavy (non-hydrogen) atoms. The van der Waals surface area contributed by atoms with Gasteiger partial charge in [0.15, 0.2) is 9.99 Å². The fourth-order valence-corrected chi connectivity index (χ4v) is 3.34. The number of nitro benzene ring substituents is 1.